The molecule has 0 aliphatic carbocycles. The van der Waals surface area contributed by atoms with Crippen molar-refractivity contribution in [2.75, 3.05) is 6.54 Å². The highest BCUT2D eigenvalue weighted by molar-refractivity contribution is 7.10. The van der Waals surface area contributed by atoms with Crippen LogP contribution in [0.1, 0.15) is 30.7 Å². The molecule has 17 heavy (non-hydrogen) atoms. The van der Waals surface area contributed by atoms with E-state index in [4.69, 9.17) is 5.11 Å². The van der Waals surface area contributed by atoms with Crippen LogP contribution in [0.2, 0.25) is 0 Å². The Hall–Kier alpha value is -1.56. The minimum atomic E-state index is -0.848. The molecule has 0 spiro atoms. The number of carboxylic acids is 1. The number of carbonyl (C=O) groups is 2. The second kappa shape index (κ2) is 6.90. The van der Waals surface area contributed by atoms with Crippen LogP contribution < -0.4 is 10.6 Å². The highest BCUT2D eigenvalue weighted by atomic mass is 32.1. The van der Waals surface area contributed by atoms with Crippen molar-refractivity contribution >= 4 is 23.3 Å². The van der Waals surface area contributed by atoms with Gasteiger partial charge in [0.15, 0.2) is 0 Å². The molecule has 1 aromatic heterocycles. The van der Waals surface area contributed by atoms with Crippen LogP contribution in [0.4, 0.5) is 4.79 Å². The number of thiophene rings is 1. The molecular formula is C11H16N2O3S. The first-order valence-electron chi connectivity index (χ1n) is 5.39. The van der Waals surface area contributed by atoms with Gasteiger partial charge >= 0.3 is 12.0 Å². The van der Waals surface area contributed by atoms with E-state index < -0.39 is 5.97 Å². The lowest BCUT2D eigenvalue weighted by Gasteiger charge is -2.12. The molecule has 1 atom stereocenters. The van der Waals surface area contributed by atoms with E-state index in [0.29, 0.717) is 13.0 Å². The second-order valence-electron chi connectivity index (χ2n) is 3.63. The quantitative estimate of drug-likeness (QED) is 0.681. The fourth-order valence-corrected chi connectivity index (χ4v) is 2.03. The smallest absolute Gasteiger partial charge is 0.315 e. The van der Waals surface area contributed by atoms with Gasteiger partial charge in [0.05, 0.1) is 6.04 Å². The molecule has 0 saturated carbocycles. The van der Waals surface area contributed by atoms with Gasteiger partial charge in [-0.1, -0.05) is 6.07 Å². The van der Waals surface area contributed by atoms with Gasteiger partial charge in [0.25, 0.3) is 0 Å². The van der Waals surface area contributed by atoms with E-state index in [-0.39, 0.29) is 18.5 Å². The number of nitrogens with one attached hydrogen (secondary N) is 2. The number of amides is 2. The van der Waals surface area contributed by atoms with Crippen molar-refractivity contribution in [2.24, 2.45) is 0 Å². The first-order valence-corrected chi connectivity index (χ1v) is 6.27. The van der Waals surface area contributed by atoms with Gasteiger partial charge in [0.2, 0.25) is 0 Å². The molecule has 0 fully saturated rings. The molecule has 1 aromatic rings. The maximum absolute atomic E-state index is 11.4. The summed E-state index contributed by atoms with van der Waals surface area (Å²) < 4.78 is 0. The summed E-state index contributed by atoms with van der Waals surface area (Å²) in [6.45, 7) is 2.28. The molecule has 6 heteroatoms. The molecule has 0 aliphatic heterocycles. The third-order valence-electron chi connectivity index (χ3n) is 2.17. The van der Waals surface area contributed by atoms with Crippen LogP contribution in [0, 0.1) is 0 Å². The first kappa shape index (κ1) is 13.5. The third kappa shape index (κ3) is 5.35. The fourth-order valence-electron chi connectivity index (χ4n) is 1.30. The molecule has 5 nitrogen and oxygen atoms in total. The molecule has 2 amide bonds. The molecule has 0 radical (unpaired) electrons. The van der Waals surface area contributed by atoms with Crippen molar-refractivity contribution in [2.45, 2.75) is 25.8 Å². The Bertz CT molecular complexity index is 365. The Morgan fingerprint density at radius 1 is 1.53 bits per heavy atom. The maximum atomic E-state index is 11.4. The van der Waals surface area contributed by atoms with Gasteiger partial charge in [-0.05, 0) is 24.8 Å². The first-order chi connectivity index (χ1) is 8.09. The topological polar surface area (TPSA) is 78.4 Å². The van der Waals surface area contributed by atoms with E-state index in [0.717, 1.165) is 4.88 Å². The average molecular weight is 256 g/mol. The van der Waals surface area contributed by atoms with Crippen molar-refractivity contribution in [3.63, 3.8) is 0 Å². The van der Waals surface area contributed by atoms with E-state index in [1.165, 1.54) is 0 Å². The SMILES string of the molecule is CC(NC(=O)NCCCC(=O)O)c1cccs1. The molecule has 0 bridgehead atoms. The van der Waals surface area contributed by atoms with E-state index in [9.17, 15) is 9.59 Å². The molecule has 0 aliphatic rings. The summed E-state index contributed by atoms with van der Waals surface area (Å²) in [6.07, 6.45) is 0.511. The molecule has 1 unspecified atom stereocenters. The zero-order chi connectivity index (χ0) is 12.7. The van der Waals surface area contributed by atoms with E-state index in [1.807, 2.05) is 24.4 Å². The summed E-state index contributed by atoms with van der Waals surface area (Å²) in [5, 5.41) is 15.8. The molecule has 94 valence electrons. The highest BCUT2D eigenvalue weighted by Gasteiger charge is 2.09. The second-order valence-corrected chi connectivity index (χ2v) is 4.61. The minimum Gasteiger partial charge on any atom is -0.481 e. The average Bonchev–Trinajstić information content (AvgIpc) is 2.77. The predicted molar refractivity (Wildman–Crippen MR) is 66.1 cm³/mol. The zero-order valence-corrected chi connectivity index (χ0v) is 10.4. The summed E-state index contributed by atoms with van der Waals surface area (Å²) in [6, 6.07) is 3.59. The summed E-state index contributed by atoms with van der Waals surface area (Å²) >= 11 is 1.59. The Morgan fingerprint density at radius 2 is 2.29 bits per heavy atom. The van der Waals surface area contributed by atoms with Crippen molar-refractivity contribution in [1.29, 1.82) is 0 Å². The zero-order valence-electron chi connectivity index (χ0n) is 9.60. The lowest BCUT2D eigenvalue weighted by Crippen LogP contribution is -2.37. The van der Waals surface area contributed by atoms with Gasteiger partial charge in [-0.25, -0.2) is 4.79 Å². The van der Waals surface area contributed by atoms with Crippen LogP contribution in [-0.2, 0) is 4.79 Å². The molecule has 1 heterocycles. The molecule has 1 rings (SSSR count). The van der Waals surface area contributed by atoms with E-state index >= 15 is 0 Å². The Balaban J connectivity index is 2.19. The van der Waals surface area contributed by atoms with Crippen LogP contribution >= 0.6 is 11.3 Å². The lowest BCUT2D eigenvalue weighted by atomic mass is 10.3. The van der Waals surface area contributed by atoms with Crippen LogP contribution in [-0.4, -0.2) is 23.7 Å². The van der Waals surface area contributed by atoms with Gasteiger partial charge < -0.3 is 15.7 Å². The number of hydrogen-bond acceptors (Lipinski definition) is 3. The van der Waals surface area contributed by atoms with Gasteiger partial charge in [0.1, 0.15) is 0 Å². The highest BCUT2D eigenvalue weighted by Crippen LogP contribution is 2.17. The Morgan fingerprint density at radius 3 is 2.88 bits per heavy atom. The van der Waals surface area contributed by atoms with Crippen LogP contribution in [0.25, 0.3) is 0 Å². The normalized spacial score (nSPS) is 11.8. The molecule has 3 N–H and O–H groups in total. The predicted octanol–water partition coefficient (Wildman–Crippen LogP) is 1.97. The van der Waals surface area contributed by atoms with Crippen molar-refractivity contribution < 1.29 is 14.7 Å². The standard InChI is InChI=1S/C11H16N2O3S/c1-8(9-4-3-7-17-9)13-11(16)12-6-2-5-10(14)15/h3-4,7-8H,2,5-6H2,1H3,(H,14,15)(H2,12,13,16). The summed E-state index contributed by atoms with van der Waals surface area (Å²) in [7, 11) is 0. The van der Waals surface area contributed by atoms with Crippen molar-refractivity contribution in [3.8, 4) is 0 Å². The van der Waals surface area contributed by atoms with Crippen molar-refractivity contribution in [1.82, 2.24) is 10.6 Å². The van der Waals surface area contributed by atoms with Gasteiger partial charge in [0, 0.05) is 17.8 Å². The van der Waals surface area contributed by atoms with Gasteiger partial charge in [-0.15, -0.1) is 11.3 Å². The van der Waals surface area contributed by atoms with Crippen LogP contribution in [0.3, 0.4) is 0 Å². The number of carboxylic acid groups (broad SMARTS) is 1. The number of carbonyl (C=O) groups excluding carboxylic acids is 1. The van der Waals surface area contributed by atoms with Gasteiger partial charge in [-0.2, -0.15) is 0 Å². The van der Waals surface area contributed by atoms with Crippen molar-refractivity contribution in [3.05, 3.63) is 22.4 Å². The van der Waals surface area contributed by atoms with Crippen LogP contribution in [0.5, 0.6) is 0 Å². The lowest BCUT2D eigenvalue weighted by molar-refractivity contribution is -0.137. The Labute approximate surface area is 104 Å². The molecular weight excluding hydrogens is 240 g/mol. The summed E-state index contributed by atoms with van der Waals surface area (Å²) in [5.74, 6) is -0.848. The summed E-state index contributed by atoms with van der Waals surface area (Å²) in [4.78, 5) is 22.8. The molecule has 0 saturated heterocycles. The van der Waals surface area contributed by atoms with Crippen LogP contribution in [0.15, 0.2) is 17.5 Å². The number of hydrogen-bond donors (Lipinski definition) is 3. The third-order valence-corrected chi connectivity index (χ3v) is 3.23. The number of aliphatic carboxylic acids is 1. The monoisotopic (exact) mass is 256 g/mol. The molecule has 0 aromatic carbocycles. The Kier molecular flexibility index (Phi) is 5.48. The largest absolute Gasteiger partial charge is 0.481 e. The number of urea groups is 1. The number of rotatable bonds is 6. The fraction of sp³-hybridized carbons (Fsp3) is 0.455. The van der Waals surface area contributed by atoms with E-state index in [1.54, 1.807) is 11.3 Å². The minimum absolute atomic E-state index is 0.0329. The maximum Gasteiger partial charge on any atom is 0.315 e. The van der Waals surface area contributed by atoms with E-state index in [2.05, 4.69) is 10.6 Å². The van der Waals surface area contributed by atoms with Gasteiger partial charge in [-0.3, -0.25) is 4.79 Å². The summed E-state index contributed by atoms with van der Waals surface area (Å²) in [5.41, 5.74) is 0.